The molecular formula is C36H72MgO8-2. The van der Waals surface area contributed by atoms with Crippen LogP contribution in [0.15, 0.2) is 0 Å². The fraction of sp³-hybridized carbons (Fsp3) is 0.944. The Bertz CT molecular complexity index is 582. The van der Waals surface area contributed by atoms with Gasteiger partial charge in [-0.3, -0.25) is 0 Å². The van der Waals surface area contributed by atoms with Gasteiger partial charge in [-0.2, -0.15) is 0 Å². The molecule has 8 nitrogen and oxygen atoms in total. The summed E-state index contributed by atoms with van der Waals surface area (Å²) in [5.74, 6) is -1.96. The van der Waals surface area contributed by atoms with E-state index in [1.165, 1.54) is 51.4 Å². The monoisotopic (exact) mass is 657 g/mol. The van der Waals surface area contributed by atoms with Crippen molar-refractivity contribution in [2.45, 2.75) is 218 Å². The number of carbonyl (C=O) groups is 2. The maximum atomic E-state index is 10.2. The van der Waals surface area contributed by atoms with Crippen LogP contribution in [0.1, 0.15) is 196 Å². The molecule has 0 aliphatic heterocycles. The van der Waals surface area contributed by atoms with E-state index in [4.69, 9.17) is 0 Å². The van der Waals surface area contributed by atoms with Crippen molar-refractivity contribution >= 4 is 35.0 Å². The molecule has 45 heavy (non-hydrogen) atoms. The third-order valence-corrected chi connectivity index (χ3v) is 8.36. The molecule has 4 unspecified atom stereocenters. The van der Waals surface area contributed by atoms with Gasteiger partial charge < -0.3 is 43.1 Å². The van der Waals surface area contributed by atoms with Gasteiger partial charge in [0.1, 0.15) is 0 Å². The molecule has 0 spiro atoms. The van der Waals surface area contributed by atoms with E-state index in [2.05, 4.69) is 13.8 Å². The first-order chi connectivity index (χ1) is 21.1. The van der Waals surface area contributed by atoms with Gasteiger partial charge in [0.25, 0.3) is 0 Å². The third kappa shape index (κ3) is 39.6. The van der Waals surface area contributed by atoms with Crippen LogP contribution in [0.3, 0.4) is 0 Å². The molecule has 0 aliphatic carbocycles. The molecule has 268 valence electrons. The zero-order valence-corrected chi connectivity index (χ0v) is 30.7. The van der Waals surface area contributed by atoms with E-state index < -0.39 is 36.4 Å². The summed E-state index contributed by atoms with van der Waals surface area (Å²) in [4.78, 5) is 20.5. The maximum absolute atomic E-state index is 10.2. The van der Waals surface area contributed by atoms with Gasteiger partial charge in [-0.05, 0) is 51.4 Å². The van der Waals surface area contributed by atoms with Crippen LogP contribution in [0, 0.1) is 0 Å². The summed E-state index contributed by atoms with van der Waals surface area (Å²) in [7, 11) is 0. The second-order valence-corrected chi connectivity index (χ2v) is 12.7. The molecule has 0 saturated heterocycles. The number of aliphatic hydroxyl groups is 4. The van der Waals surface area contributed by atoms with Gasteiger partial charge in [-0.25, -0.2) is 0 Å². The van der Waals surface area contributed by atoms with Crippen LogP contribution < -0.4 is 10.2 Å². The van der Waals surface area contributed by atoms with Crippen LogP contribution in [0.2, 0.25) is 0 Å². The molecule has 0 rings (SSSR count). The van der Waals surface area contributed by atoms with E-state index in [1.807, 2.05) is 0 Å². The normalized spacial score (nSPS) is 13.6. The number of carbonyl (C=O) groups excluding carboxylic acids is 2. The van der Waals surface area contributed by atoms with E-state index in [0.29, 0.717) is 38.5 Å². The summed E-state index contributed by atoms with van der Waals surface area (Å²) < 4.78 is 0. The number of rotatable bonds is 32. The standard InChI is InChI=1S/2C18H36O4.Mg.2H/c2*1-2-3-4-5-7-10-13-16(19)17(20)14-11-8-6-9-12-15-18(21)22;;;/h2*16-17,19-20H,2-15H2,1H3,(H,21,22);;;/q;;+2;2*-1/p-2. The number of hydrogen-bond donors (Lipinski definition) is 4. The minimum Gasteiger partial charge on any atom is -1.00 e. The predicted octanol–water partition coefficient (Wildman–Crippen LogP) is 5.72. The van der Waals surface area contributed by atoms with Gasteiger partial charge in [-0.1, -0.05) is 142 Å². The first-order valence-corrected chi connectivity index (χ1v) is 18.3. The van der Waals surface area contributed by atoms with Crippen molar-refractivity contribution in [3.05, 3.63) is 0 Å². The SMILES string of the molecule is CCCCCCCCC(O)C(O)CCCCCCCC(=O)[O-].CCCCCCCCC(O)C(O)CCCCCCCC(=O)[O-].[H-].[H-].[Mg+2]. The minimum absolute atomic E-state index is 0. The Labute approximate surface area is 295 Å². The van der Waals surface area contributed by atoms with Crippen LogP contribution in [0.5, 0.6) is 0 Å². The summed E-state index contributed by atoms with van der Waals surface area (Å²) >= 11 is 0. The Morgan fingerprint density at radius 2 is 0.622 bits per heavy atom. The summed E-state index contributed by atoms with van der Waals surface area (Å²) in [6.45, 7) is 4.40. The van der Waals surface area contributed by atoms with Crippen molar-refractivity contribution in [3.8, 4) is 0 Å². The van der Waals surface area contributed by atoms with E-state index in [-0.39, 0.29) is 38.7 Å². The number of carboxylic acid groups (broad SMARTS) is 2. The van der Waals surface area contributed by atoms with Gasteiger partial charge in [0.05, 0.1) is 24.4 Å². The molecule has 0 aromatic rings. The van der Waals surface area contributed by atoms with E-state index >= 15 is 0 Å². The summed E-state index contributed by atoms with van der Waals surface area (Å²) in [5.41, 5.74) is 0. The Morgan fingerprint density at radius 3 is 0.844 bits per heavy atom. The molecule has 0 saturated carbocycles. The van der Waals surface area contributed by atoms with Gasteiger partial charge in [0.2, 0.25) is 0 Å². The quantitative estimate of drug-likeness (QED) is 0.0528. The third-order valence-electron chi connectivity index (χ3n) is 8.36. The molecule has 0 aromatic carbocycles. The topological polar surface area (TPSA) is 161 Å². The van der Waals surface area contributed by atoms with Crippen molar-refractivity contribution < 1.29 is 43.1 Å². The van der Waals surface area contributed by atoms with Crippen molar-refractivity contribution in [1.82, 2.24) is 0 Å². The molecular weight excluding hydrogens is 585 g/mol. The molecule has 4 atom stereocenters. The fourth-order valence-corrected chi connectivity index (χ4v) is 5.34. The molecule has 0 bridgehead atoms. The Hall–Kier alpha value is -0.454. The fourth-order valence-electron chi connectivity index (χ4n) is 5.34. The van der Waals surface area contributed by atoms with Gasteiger partial charge >= 0.3 is 23.1 Å². The van der Waals surface area contributed by atoms with E-state index in [0.717, 1.165) is 77.0 Å². The van der Waals surface area contributed by atoms with Gasteiger partial charge in [0, 0.05) is 11.9 Å². The molecule has 0 aliphatic rings. The average Bonchev–Trinajstić information content (AvgIpc) is 2.99. The maximum Gasteiger partial charge on any atom is 2.00 e. The first-order valence-electron chi connectivity index (χ1n) is 18.3. The number of hydrogen-bond acceptors (Lipinski definition) is 8. The zero-order valence-electron chi connectivity index (χ0n) is 31.2. The van der Waals surface area contributed by atoms with Crippen LogP contribution >= 0.6 is 0 Å². The summed E-state index contributed by atoms with van der Waals surface area (Å²) in [5, 5.41) is 60.1. The largest absolute Gasteiger partial charge is 2.00 e. The zero-order chi connectivity index (χ0) is 33.3. The Balaban J connectivity index is -0.000000235. The number of aliphatic hydroxyl groups excluding tert-OH is 4. The molecule has 0 fully saturated rings. The van der Waals surface area contributed by atoms with E-state index in [9.17, 15) is 40.2 Å². The van der Waals surface area contributed by atoms with Crippen LogP contribution in [-0.2, 0) is 9.59 Å². The Morgan fingerprint density at radius 1 is 0.422 bits per heavy atom. The first kappa shape index (κ1) is 48.9. The smallest absolute Gasteiger partial charge is 1.00 e. The van der Waals surface area contributed by atoms with Gasteiger partial charge in [0.15, 0.2) is 0 Å². The second-order valence-electron chi connectivity index (χ2n) is 12.7. The molecule has 4 N–H and O–H groups in total. The van der Waals surface area contributed by atoms with Crippen molar-refractivity contribution in [2.75, 3.05) is 0 Å². The number of carboxylic acids is 2. The summed E-state index contributed by atoms with van der Waals surface area (Å²) in [6, 6.07) is 0. The molecule has 9 heteroatoms. The predicted molar refractivity (Wildman–Crippen MR) is 183 cm³/mol. The van der Waals surface area contributed by atoms with Crippen molar-refractivity contribution in [3.63, 3.8) is 0 Å². The molecule has 0 radical (unpaired) electrons. The molecule has 0 aromatic heterocycles. The van der Waals surface area contributed by atoms with Crippen molar-refractivity contribution in [2.24, 2.45) is 0 Å². The molecule has 0 amide bonds. The summed E-state index contributed by atoms with van der Waals surface area (Å²) in [6.07, 6.45) is 23.7. The number of unbranched alkanes of at least 4 members (excludes halogenated alkanes) is 18. The van der Waals surface area contributed by atoms with E-state index in [1.54, 1.807) is 0 Å². The minimum atomic E-state index is -0.978. The van der Waals surface area contributed by atoms with Crippen LogP contribution in [-0.4, -0.2) is 79.8 Å². The average molecular weight is 657 g/mol. The van der Waals surface area contributed by atoms with Crippen molar-refractivity contribution in [1.29, 1.82) is 0 Å². The second kappa shape index (κ2) is 38.0. The Kier molecular flexibility index (Phi) is 41.3. The number of aliphatic carboxylic acids is 2. The molecule has 0 heterocycles. The van der Waals surface area contributed by atoms with Crippen LogP contribution in [0.25, 0.3) is 0 Å². The van der Waals surface area contributed by atoms with Gasteiger partial charge in [-0.15, -0.1) is 0 Å². The van der Waals surface area contributed by atoms with Crippen LogP contribution in [0.4, 0.5) is 0 Å².